The van der Waals surface area contributed by atoms with Crippen molar-refractivity contribution in [1.82, 2.24) is 14.3 Å². The molecule has 1 aromatic rings. The maximum atomic E-state index is 12.8. The molecule has 3 unspecified atom stereocenters. The van der Waals surface area contributed by atoms with Crippen LogP contribution in [0.2, 0.25) is 0 Å². The maximum absolute atomic E-state index is 12.8. The molecule has 3 atom stereocenters. The smallest absolute Gasteiger partial charge is 0.227 e. The van der Waals surface area contributed by atoms with Gasteiger partial charge in [0.2, 0.25) is 11.0 Å². The fourth-order valence-electron chi connectivity index (χ4n) is 4.67. The zero-order chi connectivity index (χ0) is 15.4. The van der Waals surface area contributed by atoms with Crippen LogP contribution in [0.4, 0.5) is 5.13 Å². The van der Waals surface area contributed by atoms with Gasteiger partial charge in [-0.25, -0.2) is 4.98 Å². The van der Waals surface area contributed by atoms with Crippen LogP contribution in [0.1, 0.15) is 50.3 Å². The molecule has 4 fully saturated rings. The standard InChI is InChI=1S/C17H24N4OS/c22-16(21-8-12-2-1-3-13(12)9-21)14-6-7-20(10-14)17-18-15(19-23-17)11-4-5-11/h11-14H,1-10H2. The zero-order valence-corrected chi connectivity index (χ0v) is 14.3. The fraction of sp³-hybridized carbons (Fsp3) is 0.824. The Labute approximate surface area is 141 Å². The van der Waals surface area contributed by atoms with Crippen LogP contribution in [0.25, 0.3) is 0 Å². The number of carbonyl (C=O) groups is 1. The van der Waals surface area contributed by atoms with E-state index in [9.17, 15) is 4.79 Å². The average molecular weight is 332 g/mol. The van der Waals surface area contributed by atoms with Crippen molar-refractivity contribution in [3.63, 3.8) is 0 Å². The highest BCUT2D eigenvalue weighted by Crippen LogP contribution is 2.41. The Kier molecular flexibility index (Phi) is 3.35. The van der Waals surface area contributed by atoms with Gasteiger partial charge in [0, 0.05) is 43.6 Å². The maximum Gasteiger partial charge on any atom is 0.227 e. The van der Waals surface area contributed by atoms with Crippen molar-refractivity contribution >= 4 is 22.6 Å². The van der Waals surface area contributed by atoms with Crippen LogP contribution >= 0.6 is 11.5 Å². The molecule has 2 aliphatic heterocycles. The Morgan fingerprint density at radius 2 is 1.83 bits per heavy atom. The third kappa shape index (κ3) is 2.55. The molecule has 1 amide bonds. The Balaban J connectivity index is 1.22. The first-order chi connectivity index (χ1) is 11.3. The largest absolute Gasteiger partial charge is 0.346 e. The molecule has 2 saturated carbocycles. The lowest BCUT2D eigenvalue weighted by atomic mass is 10.0. The third-order valence-corrected chi connectivity index (χ3v) is 7.01. The van der Waals surface area contributed by atoms with Crippen LogP contribution in [0.5, 0.6) is 0 Å². The summed E-state index contributed by atoms with van der Waals surface area (Å²) < 4.78 is 4.50. The third-order valence-electron chi connectivity index (χ3n) is 6.22. The van der Waals surface area contributed by atoms with E-state index in [1.807, 2.05) is 0 Å². The minimum absolute atomic E-state index is 0.169. The summed E-state index contributed by atoms with van der Waals surface area (Å²) in [5.74, 6) is 3.80. The van der Waals surface area contributed by atoms with E-state index in [0.717, 1.165) is 55.4 Å². The highest BCUT2D eigenvalue weighted by atomic mass is 32.1. The molecule has 0 bridgehead atoms. The van der Waals surface area contributed by atoms with Crippen molar-refractivity contribution in [3.05, 3.63) is 5.82 Å². The van der Waals surface area contributed by atoms with Gasteiger partial charge in [0.15, 0.2) is 0 Å². The molecule has 3 heterocycles. The van der Waals surface area contributed by atoms with Gasteiger partial charge in [0.1, 0.15) is 5.82 Å². The molecular weight excluding hydrogens is 308 g/mol. The van der Waals surface area contributed by atoms with Gasteiger partial charge in [-0.05, 0) is 43.9 Å². The molecule has 0 spiro atoms. The minimum atomic E-state index is 0.169. The summed E-state index contributed by atoms with van der Waals surface area (Å²) >= 11 is 1.51. The van der Waals surface area contributed by atoms with E-state index in [1.54, 1.807) is 0 Å². The Morgan fingerprint density at radius 1 is 1.04 bits per heavy atom. The first-order valence-corrected chi connectivity index (χ1v) is 9.92. The minimum Gasteiger partial charge on any atom is -0.346 e. The number of rotatable bonds is 3. The summed E-state index contributed by atoms with van der Waals surface area (Å²) in [5.41, 5.74) is 0. The lowest BCUT2D eigenvalue weighted by Crippen LogP contribution is -2.36. The summed E-state index contributed by atoms with van der Waals surface area (Å²) in [7, 11) is 0. The molecule has 2 saturated heterocycles. The Bertz CT molecular complexity index is 601. The molecular formula is C17H24N4OS. The number of likely N-dealkylation sites (tertiary alicyclic amines) is 1. The van der Waals surface area contributed by atoms with E-state index in [1.165, 1.54) is 43.6 Å². The van der Waals surface area contributed by atoms with Crippen molar-refractivity contribution in [1.29, 1.82) is 0 Å². The second kappa shape index (κ2) is 5.43. The number of fused-ring (bicyclic) bond motifs is 1. The Morgan fingerprint density at radius 3 is 2.57 bits per heavy atom. The predicted molar refractivity (Wildman–Crippen MR) is 89.6 cm³/mol. The van der Waals surface area contributed by atoms with Gasteiger partial charge >= 0.3 is 0 Å². The van der Waals surface area contributed by atoms with Crippen LogP contribution in [0.15, 0.2) is 0 Å². The van der Waals surface area contributed by atoms with Gasteiger partial charge in [0.25, 0.3) is 0 Å². The van der Waals surface area contributed by atoms with Crippen LogP contribution in [0, 0.1) is 17.8 Å². The molecule has 1 aromatic heterocycles. The number of anilines is 1. The number of aromatic nitrogens is 2. The molecule has 4 aliphatic rings. The molecule has 0 radical (unpaired) electrons. The lowest BCUT2D eigenvalue weighted by molar-refractivity contribution is -0.134. The fourth-order valence-corrected chi connectivity index (χ4v) is 5.45. The molecule has 124 valence electrons. The molecule has 5 rings (SSSR count). The summed E-state index contributed by atoms with van der Waals surface area (Å²) in [6.45, 7) is 3.83. The zero-order valence-electron chi connectivity index (χ0n) is 13.5. The van der Waals surface area contributed by atoms with Crippen LogP contribution in [0.3, 0.4) is 0 Å². The first-order valence-electron chi connectivity index (χ1n) is 9.15. The summed E-state index contributed by atoms with van der Waals surface area (Å²) in [5, 5.41) is 1.03. The predicted octanol–water partition coefficient (Wildman–Crippen LogP) is 2.50. The highest BCUT2D eigenvalue weighted by molar-refractivity contribution is 7.09. The van der Waals surface area contributed by atoms with E-state index >= 15 is 0 Å². The van der Waals surface area contributed by atoms with Gasteiger partial charge in [-0.15, -0.1) is 0 Å². The number of nitrogens with zero attached hydrogens (tertiary/aromatic N) is 4. The lowest BCUT2D eigenvalue weighted by Gasteiger charge is -2.21. The van der Waals surface area contributed by atoms with Crippen molar-refractivity contribution in [2.75, 3.05) is 31.1 Å². The van der Waals surface area contributed by atoms with Gasteiger partial charge in [-0.1, -0.05) is 6.42 Å². The molecule has 0 N–H and O–H groups in total. The van der Waals surface area contributed by atoms with Crippen LogP contribution in [-0.4, -0.2) is 46.3 Å². The second-order valence-electron chi connectivity index (χ2n) is 7.84. The molecule has 5 nitrogen and oxygen atoms in total. The van der Waals surface area contributed by atoms with Gasteiger partial charge in [0.05, 0.1) is 5.92 Å². The van der Waals surface area contributed by atoms with Crippen molar-refractivity contribution < 1.29 is 4.79 Å². The Hall–Kier alpha value is -1.17. The summed E-state index contributed by atoms with van der Waals surface area (Å²) in [6, 6.07) is 0. The molecule has 0 aromatic carbocycles. The van der Waals surface area contributed by atoms with Crippen LogP contribution < -0.4 is 4.90 Å². The van der Waals surface area contributed by atoms with Crippen molar-refractivity contribution in [2.24, 2.45) is 17.8 Å². The van der Waals surface area contributed by atoms with Gasteiger partial charge < -0.3 is 9.80 Å². The number of amides is 1. The van der Waals surface area contributed by atoms with Gasteiger partial charge in [-0.2, -0.15) is 4.37 Å². The number of hydrogen-bond acceptors (Lipinski definition) is 5. The topological polar surface area (TPSA) is 49.3 Å². The monoisotopic (exact) mass is 332 g/mol. The molecule has 2 aliphatic carbocycles. The average Bonchev–Trinajstić information content (AvgIpc) is 3.00. The first kappa shape index (κ1) is 14.2. The summed E-state index contributed by atoms with van der Waals surface area (Å²) in [6.07, 6.45) is 7.50. The van der Waals surface area contributed by atoms with E-state index in [2.05, 4.69) is 14.2 Å². The quantitative estimate of drug-likeness (QED) is 0.853. The van der Waals surface area contributed by atoms with E-state index < -0.39 is 0 Å². The number of carbonyl (C=O) groups excluding carboxylic acids is 1. The number of hydrogen-bond donors (Lipinski definition) is 0. The van der Waals surface area contributed by atoms with E-state index in [4.69, 9.17) is 4.98 Å². The highest BCUT2D eigenvalue weighted by Gasteiger charge is 2.41. The SMILES string of the molecule is O=C(C1CCN(c2nc(C3CC3)ns2)C1)N1CC2CCCC2C1. The van der Waals surface area contributed by atoms with Crippen molar-refractivity contribution in [3.8, 4) is 0 Å². The molecule has 6 heteroatoms. The molecule has 23 heavy (non-hydrogen) atoms. The van der Waals surface area contributed by atoms with Crippen LogP contribution in [-0.2, 0) is 4.79 Å². The summed E-state index contributed by atoms with van der Waals surface area (Å²) in [4.78, 5) is 22.0. The second-order valence-corrected chi connectivity index (χ2v) is 8.57. The normalized spacial score (nSPS) is 33.5. The van der Waals surface area contributed by atoms with E-state index in [0.29, 0.717) is 11.8 Å². The van der Waals surface area contributed by atoms with E-state index in [-0.39, 0.29) is 5.92 Å². The van der Waals surface area contributed by atoms with Crippen molar-refractivity contribution in [2.45, 2.75) is 44.4 Å². The van der Waals surface area contributed by atoms with Gasteiger partial charge in [-0.3, -0.25) is 4.79 Å².